The van der Waals surface area contributed by atoms with Crippen molar-refractivity contribution in [1.82, 2.24) is 9.88 Å². The molecule has 1 fully saturated rings. The first-order valence-corrected chi connectivity index (χ1v) is 9.74. The minimum absolute atomic E-state index is 0.0255. The van der Waals surface area contributed by atoms with E-state index in [-0.39, 0.29) is 58.2 Å². The molecule has 0 spiro atoms. The van der Waals surface area contributed by atoms with Gasteiger partial charge >= 0.3 is 6.18 Å². The number of pyridine rings is 1. The molecule has 1 aromatic carbocycles. The van der Waals surface area contributed by atoms with Crippen LogP contribution in [0.3, 0.4) is 0 Å². The molecule has 9 heteroatoms. The molecule has 1 amide bonds. The number of carbonyl (C=O) groups excluding carboxylic acids is 2. The first-order chi connectivity index (χ1) is 13.8. The number of nitrogens with two attached hydrogens (primary N) is 1. The van der Waals surface area contributed by atoms with Gasteiger partial charge in [-0.25, -0.2) is 4.98 Å². The van der Waals surface area contributed by atoms with Crippen molar-refractivity contribution in [3.05, 3.63) is 46.8 Å². The molecule has 0 unspecified atom stereocenters. The lowest BCUT2D eigenvalue weighted by Crippen LogP contribution is -2.38. The average Bonchev–Trinajstić information content (AvgIpc) is 3.04. The van der Waals surface area contributed by atoms with Crippen molar-refractivity contribution < 1.29 is 22.8 Å². The molecule has 3 heterocycles. The topological polar surface area (TPSA) is 76.3 Å². The summed E-state index contributed by atoms with van der Waals surface area (Å²) >= 11 is 0.853. The fourth-order valence-corrected chi connectivity index (χ4v) is 4.45. The number of anilines is 1. The predicted molar refractivity (Wildman–Crippen MR) is 105 cm³/mol. The van der Waals surface area contributed by atoms with E-state index in [1.54, 1.807) is 30.3 Å². The molecular formula is C20H16F3N3O2S. The molecule has 1 saturated heterocycles. The molecule has 1 aliphatic rings. The van der Waals surface area contributed by atoms with Gasteiger partial charge < -0.3 is 10.6 Å². The molecule has 2 aromatic heterocycles. The number of fused-ring (bicyclic) bond motifs is 1. The number of nitrogen functional groups attached to an aromatic ring is 1. The van der Waals surface area contributed by atoms with E-state index in [4.69, 9.17) is 5.73 Å². The normalized spacial score (nSPS) is 15.1. The standard InChI is InChI=1S/C20H16F3N3O2S/c21-20(22,23)13-10-14(11-4-2-1-3-5-11)25-18-15(13)16(24)17(29-18)19(28)26-8-6-12(27)7-9-26/h1-5,10H,6-9,24H2. The Morgan fingerprint density at radius 3 is 2.41 bits per heavy atom. The smallest absolute Gasteiger partial charge is 0.397 e. The number of aromatic nitrogens is 1. The van der Waals surface area contributed by atoms with Crippen molar-refractivity contribution in [2.45, 2.75) is 19.0 Å². The van der Waals surface area contributed by atoms with Crippen LogP contribution in [0.5, 0.6) is 0 Å². The molecule has 0 saturated carbocycles. The number of rotatable bonds is 2. The van der Waals surface area contributed by atoms with Crippen molar-refractivity contribution in [1.29, 1.82) is 0 Å². The number of nitrogens with zero attached hydrogens (tertiary/aromatic N) is 2. The van der Waals surface area contributed by atoms with Crippen LogP contribution in [0.1, 0.15) is 28.1 Å². The Labute approximate surface area is 167 Å². The second-order valence-corrected chi connectivity index (χ2v) is 7.77. The van der Waals surface area contributed by atoms with Gasteiger partial charge in [0.15, 0.2) is 0 Å². The van der Waals surface area contributed by atoms with Crippen LogP contribution in [0, 0.1) is 0 Å². The minimum atomic E-state index is -4.65. The predicted octanol–water partition coefficient (Wildman–Crippen LogP) is 4.37. The summed E-state index contributed by atoms with van der Waals surface area (Å²) in [4.78, 5) is 30.2. The van der Waals surface area contributed by atoms with Crippen LogP contribution in [0.2, 0.25) is 0 Å². The van der Waals surface area contributed by atoms with E-state index in [0.29, 0.717) is 5.56 Å². The van der Waals surface area contributed by atoms with Gasteiger partial charge in [0.1, 0.15) is 15.5 Å². The van der Waals surface area contributed by atoms with Crippen LogP contribution in [-0.4, -0.2) is 34.7 Å². The first-order valence-electron chi connectivity index (χ1n) is 8.92. The van der Waals surface area contributed by atoms with Gasteiger partial charge in [0.05, 0.1) is 16.9 Å². The van der Waals surface area contributed by atoms with Crippen molar-refractivity contribution in [2.75, 3.05) is 18.8 Å². The van der Waals surface area contributed by atoms with E-state index >= 15 is 0 Å². The molecule has 4 rings (SSSR count). The lowest BCUT2D eigenvalue weighted by atomic mass is 10.0. The highest BCUT2D eigenvalue weighted by molar-refractivity contribution is 7.21. The Hall–Kier alpha value is -2.94. The van der Waals surface area contributed by atoms with Crippen LogP contribution in [-0.2, 0) is 11.0 Å². The van der Waals surface area contributed by atoms with Crippen LogP contribution in [0.15, 0.2) is 36.4 Å². The number of amides is 1. The number of alkyl halides is 3. The number of thiophene rings is 1. The maximum atomic E-state index is 13.8. The summed E-state index contributed by atoms with van der Waals surface area (Å²) in [5.74, 6) is -0.403. The van der Waals surface area contributed by atoms with Crippen molar-refractivity contribution in [3.63, 3.8) is 0 Å². The monoisotopic (exact) mass is 419 g/mol. The Morgan fingerprint density at radius 1 is 1.14 bits per heavy atom. The van der Waals surface area contributed by atoms with Crippen molar-refractivity contribution >= 4 is 38.9 Å². The fraction of sp³-hybridized carbons (Fsp3) is 0.250. The van der Waals surface area contributed by atoms with Crippen LogP contribution < -0.4 is 5.73 Å². The Kier molecular flexibility index (Phi) is 4.77. The number of ketones is 1. The number of benzene rings is 1. The summed E-state index contributed by atoms with van der Waals surface area (Å²) in [7, 11) is 0. The lowest BCUT2D eigenvalue weighted by molar-refractivity contribution is -0.136. The summed E-state index contributed by atoms with van der Waals surface area (Å²) < 4.78 is 41.4. The summed E-state index contributed by atoms with van der Waals surface area (Å²) in [6, 6.07) is 9.49. The third-order valence-corrected chi connectivity index (χ3v) is 5.96. The van der Waals surface area contributed by atoms with Crippen LogP contribution in [0.25, 0.3) is 21.5 Å². The molecule has 29 heavy (non-hydrogen) atoms. The Morgan fingerprint density at radius 2 is 1.79 bits per heavy atom. The minimum Gasteiger partial charge on any atom is -0.397 e. The molecule has 2 N–H and O–H groups in total. The molecule has 3 aromatic rings. The van der Waals surface area contributed by atoms with Gasteiger partial charge in [0.2, 0.25) is 0 Å². The molecule has 150 valence electrons. The molecule has 0 aliphatic carbocycles. The highest BCUT2D eigenvalue weighted by atomic mass is 32.1. The fourth-order valence-electron chi connectivity index (χ4n) is 3.36. The SMILES string of the molecule is Nc1c(C(=O)N2CCC(=O)CC2)sc2nc(-c3ccccc3)cc(C(F)(F)F)c12. The van der Waals surface area contributed by atoms with Gasteiger partial charge in [-0.1, -0.05) is 30.3 Å². The molecule has 1 aliphatic heterocycles. The van der Waals surface area contributed by atoms with Crippen molar-refractivity contribution in [3.8, 4) is 11.3 Å². The van der Waals surface area contributed by atoms with E-state index in [9.17, 15) is 22.8 Å². The second-order valence-electron chi connectivity index (χ2n) is 6.77. The summed E-state index contributed by atoms with van der Waals surface area (Å²) in [6.07, 6.45) is -4.18. The number of carbonyl (C=O) groups is 2. The Bertz CT molecular complexity index is 1100. The van der Waals surface area contributed by atoms with Gasteiger partial charge in [0.25, 0.3) is 5.91 Å². The summed E-state index contributed by atoms with van der Waals surface area (Å²) in [5, 5.41) is -0.251. The maximum absolute atomic E-state index is 13.8. The summed E-state index contributed by atoms with van der Waals surface area (Å²) in [6.45, 7) is 0.473. The number of piperidine rings is 1. The van der Waals surface area contributed by atoms with Gasteiger partial charge in [-0.05, 0) is 6.07 Å². The number of Topliss-reactive ketones (excluding diaryl/α,β-unsaturated/α-hetero) is 1. The van der Waals surface area contributed by atoms with Crippen molar-refractivity contribution in [2.24, 2.45) is 0 Å². The third kappa shape index (κ3) is 3.57. The zero-order valence-electron chi connectivity index (χ0n) is 15.1. The highest BCUT2D eigenvalue weighted by Crippen LogP contribution is 2.43. The second kappa shape index (κ2) is 7.14. The Balaban J connectivity index is 1.86. The zero-order valence-corrected chi connectivity index (χ0v) is 15.9. The maximum Gasteiger partial charge on any atom is 0.417 e. The largest absolute Gasteiger partial charge is 0.417 e. The molecule has 0 bridgehead atoms. The van der Waals surface area contributed by atoms with E-state index in [0.717, 1.165) is 17.4 Å². The van der Waals surface area contributed by atoms with E-state index < -0.39 is 17.6 Å². The van der Waals surface area contributed by atoms with E-state index in [1.165, 1.54) is 4.90 Å². The van der Waals surface area contributed by atoms with E-state index in [2.05, 4.69) is 4.98 Å². The molecule has 5 nitrogen and oxygen atoms in total. The molecule has 0 radical (unpaired) electrons. The van der Waals surface area contributed by atoms with Gasteiger partial charge in [-0.15, -0.1) is 11.3 Å². The zero-order chi connectivity index (χ0) is 20.8. The lowest BCUT2D eigenvalue weighted by Gasteiger charge is -2.25. The average molecular weight is 419 g/mol. The molecular weight excluding hydrogens is 403 g/mol. The number of halogens is 3. The number of hydrogen-bond donors (Lipinski definition) is 1. The van der Waals surface area contributed by atoms with E-state index in [1.807, 2.05) is 0 Å². The van der Waals surface area contributed by atoms with Crippen LogP contribution in [0.4, 0.5) is 18.9 Å². The molecule has 0 atom stereocenters. The number of likely N-dealkylation sites (tertiary alicyclic amines) is 1. The quantitative estimate of drug-likeness (QED) is 0.669. The third-order valence-electron chi connectivity index (χ3n) is 4.88. The van der Waals surface area contributed by atoms with Crippen LogP contribution >= 0.6 is 11.3 Å². The first kappa shape index (κ1) is 19.4. The number of hydrogen-bond acceptors (Lipinski definition) is 5. The van der Waals surface area contributed by atoms with Gasteiger partial charge in [-0.2, -0.15) is 13.2 Å². The van der Waals surface area contributed by atoms with Gasteiger partial charge in [0, 0.05) is 36.9 Å². The highest BCUT2D eigenvalue weighted by Gasteiger charge is 2.37. The summed E-state index contributed by atoms with van der Waals surface area (Å²) in [5.41, 5.74) is 5.58. The van der Waals surface area contributed by atoms with Gasteiger partial charge in [-0.3, -0.25) is 9.59 Å².